The molecule has 0 aliphatic carbocycles. The summed E-state index contributed by atoms with van der Waals surface area (Å²) in [6, 6.07) is 7.27. The number of anilines is 2. The first-order valence-corrected chi connectivity index (χ1v) is 8.02. The number of carbonyl (C=O) groups excluding carboxylic acids is 2. The zero-order valence-corrected chi connectivity index (χ0v) is 13.8. The van der Waals surface area contributed by atoms with E-state index in [9.17, 15) is 9.59 Å². The number of rotatable bonds is 5. The number of amides is 1. The molecule has 1 aromatic carbocycles. The number of nitrogen functional groups attached to an aromatic ring is 1. The maximum Gasteiger partial charge on any atom is 0.315 e. The van der Waals surface area contributed by atoms with Crippen molar-refractivity contribution in [2.24, 2.45) is 0 Å². The van der Waals surface area contributed by atoms with Crippen LogP contribution in [-0.4, -0.2) is 37.1 Å². The van der Waals surface area contributed by atoms with Crippen molar-refractivity contribution in [1.82, 2.24) is 5.32 Å². The summed E-state index contributed by atoms with van der Waals surface area (Å²) in [5, 5.41) is 3.30. The van der Waals surface area contributed by atoms with Crippen LogP contribution in [0.25, 0.3) is 0 Å². The minimum Gasteiger partial charge on any atom is -0.466 e. The average molecular weight is 319 g/mol. The molecule has 1 aliphatic rings. The van der Waals surface area contributed by atoms with Crippen LogP contribution < -0.4 is 16.0 Å². The lowest BCUT2D eigenvalue weighted by molar-refractivity contribution is -0.145. The van der Waals surface area contributed by atoms with Crippen LogP contribution in [0.5, 0.6) is 0 Å². The van der Waals surface area contributed by atoms with Crippen molar-refractivity contribution >= 4 is 23.3 Å². The van der Waals surface area contributed by atoms with Crippen molar-refractivity contribution < 1.29 is 14.3 Å². The molecule has 2 rings (SSSR count). The highest BCUT2D eigenvalue weighted by Gasteiger charge is 2.38. The number of esters is 1. The fraction of sp³-hybridized carbons (Fsp3) is 0.529. The second-order valence-corrected chi connectivity index (χ2v) is 6.02. The molecule has 6 heteroatoms. The van der Waals surface area contributed by atoms with Gasteiger partial charge < -0.3 is 20.7 Å². The number of carbonyl (C=O) groups is 2. The van der Waals surface area contributed by atoms with Crippen LogP contribution in [0.4, 0.5) is 11.4 Å². The highest BCUT2D eigenvalue weighted by molar-refractivity contribution is 6.05. The molecule has 23 heavy (non-hydrogen) atoms. The number of hydrogen-bond donors (Lipinski definition) is 2. The molecule has 0 aromatic heterocycles. The van der Waals surface area contributed by atoms with Gasteiger partial charge >= 0.3 is 5.97 Å². The van der Waals surface area contributed by atoms with Gasteiger partial charge in [0.25, 0.3) is 0 Å². The Morgan fingerprint density at radius 2 is 1.96 bits per heavy atom. The molecule has 0 atom stereocenters. The summed E-state index contributed by atoms with van der Waals surface area (Å²) in [5.41, 5.74) is 6.91. The largest absolute Gasteiger partial charge is 0.466 e. The van der Waals surface area contributed by atoms with E-state index in [4.69, 9.17) is 10.5 Å². The zero-order chi connectivity index (χ0) is 16.9. The standard InChI is InChI=1S/C17H25N3O3/c1-3-23-16(22)12-15(21)20(14-7-5-4-6-13(14)18)17(2)8-10-19-11-9-17/h4-7,19H,3,8-12,18H2,1-2H3. The SMILES string of the molecule is CCOC(=O)CC(=O)N(c1ccccc1N)C1(C)CCNCC1. The Morgan fingerprint density at radius 3 is 2.57 bits per heavy atom. The minimum atomic E-state index is -0.505. The molecular weight excluding hydrogens is 294 g/mol. The first-order valence-electron chi connectivity index (χ1n) is 8.02. The molecule has 126 valence electrons. The van der Waals surface area contributed by atoms with Gasteiger partial charge in [0.1, 0.15) is 6.42 Å². The van der Waals surface area contributed by atoms with Gasteiger partial charge in [0, 0.05) is 5.54 Å². The summed E-state index contributed by atoms with van der Waals surface area (Å²) in [7, 11) is 0. The predicted octanol–water partition coefficient (Wildman–Crippen LogP) is 1.70. The molecule has 1 aromatic rings. The molecule has 1 amide bonds. The number of para-hydroxylation sites is 2. The summed E-state index contributed by atoms with van der Waals surface area (Å²) < 4.78 is 4.92. The van der Waals surface area contributed by atoms with Gasteiger partial charge in [0.15, 0.2) is 0 Å². The van der Waals surface area contributed by atoms with E-state index in [0.717, 1.165) is 25.9 Å². The van der Waals surface area contributed by atoms with Gasteiger partial charge in [0.05, 0.1) is 18.0 Å². The van der Waals surface area contributed by atoms with E-state index in [1.807, 2.05) is 25.1 Å². The Kier molecular flexibility index (Phi) is 5.60. The van der Waals surface area contributed by atoms with E-state index in [1.165, 1.54) is 0 Å². The molecule has 0 unspecified atom stereocenters. The summed E-state index contributed by atoms with van der Waals surface area (Å²) in [4.78, 5) is 26.3. The van der Waals surface area contributed by atoms with Crippen molar-refractivity contribution in [2.45, 2.75) is 38.6 Å². The third-order valence-corrected chi connectivity index (χ3v) is 4.25. The smallest absolute Gasteiger partial charge is 0.315 e. The summed E-state index contributed by atoms with van der Waals surface area (Å²) in [6.07, 6.45) is 1.33. The highest BCUT2D eigenvalue weighted by atomic mass is 16.5. The fourth-order valence-corrected chi connectivity index (χ4v) is 3.02. The number of hydrogen-bond acceptors (Lipinski definition) is 5. The van der Waals surface area contributed by atoms with Crippen molar-refractivity contribution in [2.75, 3.05) is 30.3 Å². The second-order valence-electron chi connectivity index (χ2n) is 6.02. The van der Waals surface area contributed by atoms with Gasteiger partial charge in [0.2, 0.25) is 5.91 Å². The molecule has 1 heterocycles. The highest BCUT2D eigenvalue weighted by Crippen LogP contribution is 2.35. The molecule has 1 saturated heterocycles. The predicted molar refractivity (Wildman–Crippen MR) is 90.1 cm³/mol. The molecule has 1 fully saturated rings. The summed E-state index contributed by atoms with van der Waals surface area (Å²) in [6.45, 7) is 5.69. The van der Waals surface area contributed by atoms with Crippen LogP contribution in [0.15, 0.2) is 24.3 Å². The van der Waals surface area contributed by atoms with Crippen LogP contribution in [0, 0.1) is 0 Å². The van der Waals surface area contributed by atoms with Gasteiger partial charge in [-0.15, -0.1) is 0 Å². The zero-order valence-electron chi connectivity index (χ0n) is 13.8. The molecule has 0 radical (unpaired) electrons. The fourth-order valence-electron chi connectivity index (χ4n) is 3.02. The quantitative estimate of drug-likeness (QED) is 0.490. The molecule has 1 aliphatic heterocycles. The van der Waals surface area contributed by atoms with Gasteiger partial charge in [-0.2, -0.15) is 0 Å². The monoisotopic (exact) mass is 319 g/mol. The van der Waals surface area contributed by atoms with Crippen LogP contribution >= 0.6 is 0 Å². The molecular formula is C17H25N3O3. The minimum absolute atomic E-state index is 0.265. The third kappa shape index (κ3) is 4.01. The number of nitrogens with two attached hydrogens (primary N) is 1. The van der Waals surface area contributed by atoms with Gasteiger partial charge in [-0.05, 0) is 51.9 Å². The van der Waals surface area contributed by atoms with Gasteiger partial charge in [-0.1, -0.05) is 12.1 Å². The van der Waals surface area contributed by atoms with Gasteiger partial charge in [-0.3, -0.25) is 9.59 Å². The average Bonchev–Trinajstić information content (AvgIpc) is 2.50. The van der Waals surface area contributed by atoms with Crippen LogP contribution in [0.3, 0.4) is 0 Å². The molecule has 0 spiro atoms. The lowest BCUT2D eigenvalue weighted by Gasteiger charge is -2.44. The maximum atomic E-state index is 12.8. The number of ether oxygens (including phenoxy) is 1. The van der Waals surface area contributed by atoms with E-state index in [-0.39, 0.29) is 24.5 Å². The molecule has 0 saturated carbocycles. The normalized spacial score (nSPS) is 16.6. The van der Waals surface area contributed by atoms with Gasteiger partial charge in [-0.25, -0.2) is 0 Å². The van der Waals surface area contributed by atoms with Crippen LogP contribution in [0.2, 0.25) is 0 Å². The van der Waals surface area contributed by atoms with Crippen molar-refractivity contribution in [3.8, 4) is 0 Å². The third-order valence-electron chi connectivity index (χ3n) is 4.25. The van der Waals surface area contributed by atoms with Crippen LogP contribution in [0.1, 0.15) is 33.1 Å². The number of piperidine rings is 1. The summed E-state index contributed by atoms with van der Waals surface area (Å²) >= 11 is 0. The molecule has 3 N–H and O–H groups in total. The van der Waals surface area contributed by atoms with E-state index in [1.54, 1.807) is 17.9 Å². The first-order chi connectivity index (χ1) is 11.0. The Hall–Kier alpha value is -2.08. The van der Waals surface area contributed by atoms with Crippen molar-refractivity contribution in [3.05, 3.63) is 24.3 Å². The Balaban J connectivity index is 2.33. The topological polar surface area (TPSA) is 84.7 Å². The second kappa shape index (κ2) is 7.46. The first kappa shape index (κ1) is 17.3. The van der Waals surface area contributed by atoms with E-state index in [2.05, 4.69) is 5.32 Å². The van der Waals surface area contributed by atoms with E-state index in [0.29, 0.717) is 11.4 Å². The molecule has 0 bridgehead atoms. The van der Waals surface area contributed by atoms with E-state index < -0.39 is 5.97 Å². The summed E-state index contributed by atoms with van der Waals surface area (Å²) in [5.74, 6) is -0.778. The Morgan fingerprint density at radius 1 is 1.30 bits per heavy atom. The van der Waals surface area contributed by atoms with Crippen LogP contribution in [-0.2, 0) is 14.3 Å². The van der Waals surface area contributed by atoms with Crippen molar-refractivity contribution in [1.29, 1.82) is 0 Å². The number of benzene rings is 1. The Bertz CT molecular complexity index is 568. The number of nitrogens with zero attached hydrogens (tertiary/aromatic N) is 1. The maximum absolute atomic E-state index is 12.8. The number of nitrogens with one attached hydrogen (secondary N) is 1. The Labute approximate surface area is 137 Å². The lowest BCUT2D eigenvalue weighted by atomic mass is 9.87. The van der Waals surface area contributed by atoms with E-state index >= 15 is 0 Å². The van der Waals surface area contributed by atoms with Crippen molar-refractivity contribution in [3.63, 3.8) is 0 Å². The molecule has 6 nitrogen and oxygen atoms in total. The lowest BCUT2D eigenvalue weighted by Crippen LogP contribution is -2.56.